The number of imide groups is 1. The van der Waals surface area contributed by atoms with E-state index in [1.54, 1.807) is 6.07 Å². The van der Waals surface area contributed by atoms with Crippen LogP contribution in [-0.2, 0) is 9.59 Å². The third-order valence-electron chi connectivity index (χ3n) is 6.92. The largest absolute Gasteiger partial charge is 0.495 e. The molecule has 0 saturated carbocycles. The van der Waals surface area contributed by atoms with Gasteiger partial charge < -0.3 is 25.6 Å². The van der Waals surface area contributed by atoms with Crippen molar-refractivity contribution in [2.75, 3.05) is 69.7 Å². The van der Waals surface area contributed by atoms with Crippen molar-refractivity contribution in [1.82, 2.24) is 15.1 Å². The normalized spacial score (nSPS) is 23.5. The van der Waals surface area contributed by atoms with E-state index in [0.29, 0.717) is 29.6 Å². The van der Waals surface area contributed by atoms with Crippen LogP contribution in [0.1, 0.15) is 25.7 Å². The Kier molecular flexibility index (Phi) is 7.67. The topological polar surface area (TPSA) is 103 Å². The molecule has 3 fully saturated rings. The fourth-order valence-corrected chi connectivity index (χ4v) is 4.76. The van der Waals surface area contributed by atoms with E-state index in [1.807, 2.05) is 4.90 Å². The smallest absolute Gasteiger partial charge is 0.249 e. The molecule has 9 nitrogen and oxygen atoms in total. The average molecular weight is 463 g/mol. The zero-order valence-electron chi connectivity index (χ0n) is 19.3. The molecule has 0 spiro atoms. The lowest BCUT2D eigenvalue weighted by Gasteiger charge is -2.38. The van der Waals surface area contributed by atoms with E-state index in [2.05, 4.69) is 20.4 Å². The van der Waals surface area contributed by atoms with Gasteiger partial charge in [0.25, 0.3) is 0 Å². The van der Waals surface area contributed by atoms with Crippen LogP contribution in [-0.4, -0.2) is 93.2 Å². The number of methoxy groups -OCH3 is 1. The van der Waals surface area contributed by atoms with Gasteiger partial charge in [-0.1, -0.05) is 0 Å². The number of nitrogens with one attached hydrogen (secondary N) is 2. The van der Waals surface area contributed by atoms with Crippen molar-refractivity contribution < 1.29 is 18.7 Å². The molecule has 4 N–H and O–H groups in total. The van der Waals surface area contributed by atoms with Gasteiger partial charge in [-0.25, -0.2) is 4.39 Å². The fourth-order valence-electron chi connectivity index (χ4n) is 4.76. The van der Waals surface area contributed by atoms with Crippen LogP contribution in [0.5, 0.6) is 5.75 Å². The summed E-state index contributed by atoms with van der Waals surface area (Å²) in [4.78, 5) is 30.4. The Labute approximate surface area is 194 Å². The summed E-state index contributed by atoms with van der Waals surface area (Å²) in [7, 11) is 1.53. The van der Waals surface area contributed by atoms with E-state index in [1.165, 1.54) is 13.2 Å². The maximum atomic E-state index is 15.1. The summed E-state index contributed by atoms with van der Waals surface area (Å²) >= 11 is 0. The molecule has 2 amide bonds. The lowest BCUT2D eigenvalue weighted by atomic mass is 10.1. The zero-order chi connectivity index (χ0) is 23.4. The number of anilines is 2. The molecule has 1 aromatic carbocycles. The second-order valence-electron chi connectivity index (χ2n) is 9.16. The van der Waals surface area contributed by atoms with E-state index < -0.39 is 11.9 Å². The Morgan fingerprint density at radius 3 is 2.36 bits per heavy atom. The highest BCUT2D eigenvalue weighted by atomic mass is 19.1. The van der Waals surface area contributed by atoms with Gasteiger partial charge in [0, 0.05) is 63.9 Å². The van der Waals surface area contributed by atoms with Crippen LogP contribution in [0.4, 0.5) is 15.8 Å². The summed E-state index contributed by atoms with van der Waals surface area (Å²) in [5.74, 6) is -0.572. The highest BCUT2D eigenvalue weighted by molar-refractivity contribution is 6.01. The molecule has 3 aliphatic rings. The summed E-state index contributed by atoms with van der Waals surface area (Å²) in [5, 5.41) is 5.34. The number of nitrogens with zero attached hydrogens (tertiary/aromatic N) is 3. The predicted molar refractivity (Wildman–Crippen MR) is 125 cm³/mol. The standard InChI is InChI=1S/C23H35FN6O3/c1-33-21-15-20(17(24)14-19(21)26-18-2-3-22(31)27-23(18)32)30-12-10-29(11-13-30)9-8-28-6-4-16(25)5-7-28/h14-16,18,26H,2-13,25H2,1H3,(H,27,31,32). The van der Waals surface area contributed by atoms with Crippen LogP contribution in [0.15, 0.2) is 12.1 Å². The van der Waals surface area contributed by atoms with Crippen LogP contribution in [0.3, 0.4) is 0 Å². The highest BCUT2D eigenvalue weighted by Gasteiger charge is 2.28. The zero-order valence-corrected chi connectivity index (χ0v) is 19.3. The van der Waals surface area contributed by atoms with Gasteiger partial charge in [0.1, 0.15) is 17.6 Å². The Bertz CT molecular complexity index is 853. The van der Waals surface area contributed by atoms with Crippen molar-refractivity contribution in [1.29, 1.82) is 0 Å². The van der Waals surface area contributed by atoms with Gasteiger partial charge in [-0.2, -0.15) is 0 Å². The molecule has 3 heterocycles. The summed E-state index contributed by atoms with van der Waals surface area (Å²) in [6.45, 7) is 7.46. The van der Waals surface area contributed by atoms with E-state index in [4.69, 9.17) is 10.5 Å². The van der Waals surface area contributed by atoms with Gasteiger partial charge in [0.15, 0.2) is 0 Å². The van der Waals surface area contributed by atoms with Crippen molar-refractivity contribution in [2.24, 2.45) is 5.73 Å². The predicted octanol–water partition coefficient (Wildman–Crippen LogP) is 0.597. The Balaban J connectivity index is 1.32. The van der Waals surface area contributed by atoms with Crippen molar-refractivity contribution in [3.05, 3.63) is 17.9 Å². The molecule has 1 aromatic rings. The maximum absolute atomic E-state index is 15.1. The molecule has 0 radical (unpaired) electrons. The van der Waals surface area contributed by atoms with Gasteiger partial charge in [0.2, 0.25) is 11.8 Å². The number of nitrogens with two attached hydrogens (primary N) is 1. The summed E-state index contributed by atoms with van der Waals surface area (Å²) < 4.78 is 20.5. The minimum absolute atomic E-state index is 0.252. The van der Waals surface area contributed by atoms with Crippen LogP contribution in [0, 0.1) is 5.82 Å². The highest BCUT2D eigenvalue weighted by Crippen LogP contribution is 2.34. The van der Waals surface area contributed by atoms with Gasteiger partial charge in [0.05, 0.1) is 18.5 Å². The molecule has 10 heteroatoms. The van der Waals surface area contributed by atoms with Gasteiger partial charge in [-0.3, -0.25) is 19.8 Å². The van der Waals surface area contributed by atoms with Crippen LogP contribution in [0.2, 0.25) is 0 Å². The molecular weight excluding hydrogens is 427 g/mol. The number of carbonyl (C=O) groups excluding carboxylic acids is 2. The second kappa shape index (κ2) is 10.7. The van der Waals surface area contributed by atoms with Crippen molar-refractivity contribution in [2.45, 2.75) is 37.8 Å². The van der Waals surface area contributed by atoms with Gasteiger partial charge >= 0.3 is 0 Å². The average Bonchev–Trinajstić information content (AvgIpc) is 2.81. The van der Waals surface area contributed by atoms with Gasteiger partial charge in [-0.15, -0.1) is 0 Å². The molecule has 1 unspecified atom stereocenters. The lowest BCUT2D eigenvalue weighted by molar-refractivity contribution is -0.133. The van der Waals surface area contributed by atoms with Crippen molar-refractivity contribution in [3.63, 3.8) is 0 Å². The minimum Gasteiger partial charge on any atom is -0.495 e. The Hall–Kier alpha value is -2.43. The number of amides is 2. The number of carbonyl (C=O) groups is 2. The second-order valence-corrected chi connectivity index (χ2v) is 9.16. The quantitative estimate of drug-likeness (QED) is 0.506. The first-order valence-electron chi connectivity index (χ1n) is 11.9. The van der Waals surface area contributed by atoms with Crippen LogP contribution in [0.25, 0.3) is 0 Å². The molecule has 4 rings (SSSR count). The third-order valence-corrected chi connectivity index (χ3v) is 6.92. The first kappa shape index (κ1) is 23.7. The van der Waals surface area contributed by atoms with Crippen LogP contribution < -0.4 is 26.0 Å². The first-order chi connectivity index (χ1) is 15.9. The van der Waals surface area contributed by atoms with E-state index in [0.717, 1.165) is 65.2 Å². The number of halogens is 1. The van der Waals surface area contributed by atoms with E-state index >= 15 is 4.39 Å². The molecule has 0 aromatic heterocycles. The number of ether oxygens (including phenoxy) is 1. The molecule has 182 valence electrons. The molecule has 3 aliphatic heterocycles. The Morgan fingerprint density at radius 2 is 1.73 bits per heavy atom. The molecule has 3 saturated heterocycles. The third kappa shape index (κ3) is 5.93. The number of benzene rings is 1. The van der Waals surface area contributed by atoms with Crippen molar-refractivity contribution in [3.8, 4) is 5.75 Å². The summed E-state index contributed by atoms with van der Waals surface area (Å²) in [6, 6.07) is 2.82. The number of hydrogen-bond donors (Lipinski definition) is 3. The molecular formula is C23H35FN6O3. The lowest BCUT2D eigenvalue weighted by Crippen LogP contribution is -2.49. The van der Waals surface area contributed by atoms with Crippen molar-refractivity contribution >= 4 is 23.2 Å². The minimum atomic E-state index is -0.596. The monoisotopic (exact) mass is 462 g/mol. The SMILES string of the molecule is COc1cc(N2CCN(CCN3CCC(N)CC3)CC2)c(F)cc1NC1CCC(=O)NC1=O. The maximum Gasteiger partial charge on any atom is 0.249 e. The van der Waals surface area contributed by atoms with E-state index in [-0.39, 0.29) is 18.1 Å². The summed E-state index contributed by atoms with van der Waals surface area (Å²) in [6.07, 6.45) is 2.76. The molecule has 33 heavy (non-hydrogen) atoms. The number of rotatable bonds is 7. The number of piperidine rings is 2. The summed E-state index contributed by atoms with van der Waals surface area (Å²) in [5.41, 5.74) is 6.91. The molecule has 0 bridgehead atoms. The first-order valence-corrected chi connectivity index (χ1v) is 11.9. The number of piperazine rings is 1. The van der Waals surface area contributed by atoms with Gasteiger partial charge in [-0.05, 0) is 32.4 Å². The van der Waals surface area contributed by atoms with E-state index in [9.17, 15) is 9.59 Å². The number of likely N-dealkylation sites (tertiary alicyclic amines) is 1. The fraction of sp³-hybridized carbons (Fsp3) is 0.652. The number of hydrogen-bond acceptors (Lipinski definition) is 8. The molecule has 1 atom stereocenters. The molecule has 0 aliphatic carbocycles. The Morgan fingerprint density at radius 1 is 1.06 bits per heavy atom. The van der Waals surface area contributed by atoms with Crippen LogP contribution >= 0.6 is 0 Å².